The molecule has 0 N–H and O–H groups in total. The van der Waals surface area contributed by atoms with E-state index in [-0.39, 0.29) is 23.9 Å². The third-order valence-electron chi connectivity index (χ3n) is 3.89. The molecule has 5 heteroatoms. The summed E-state index contributed by atoms with van der Waals surface area (Å²) in [7, 11) is 0. The summed E-state index contributed by atoms with van der Waals surface area (Å²) in [6, 6.07) is 9.84. The normalized spacial score (nSPS) is 21.4. The number of nitrogens with zero attached hydrogens (tertiary/aromatic N) is 1. The maximum absolute atomic E-state index is 13.8. The third-order valence-corrected chi connectivity index (χ3v) is 3.89. The van der Waals surface area contributed by atoms with Crippen molar-refractivity contribution < 1.29 is 18.3 Å². The number of amides is 1. The van der Waals surface area contributed by atoms with E-state index < -0.39 is 0 Å². The van der Waals surface area contributed by atoms with Gasteiger partial charge in [-0.15, -0.1) is 0 Å². The second-order valence-electron chi connectivity index (χ2n) is 6.02. The highest BCUT2D eigenvalue weighted by atomic mass is 19.1. The number of carbonyl (C=O) groups excluding carboxylic acids is 1. The molecular formula is C19H20FNO3. The Morgan fingerprint density at radius 1 is 1.17 bits per heavy atom. The standard InChI is InChI=1S/C19H20FNO3/c1-13-11-21(12-14(2)23-13)19(22)10-8-15-7-9-18(24-15)16-5-3-4-6-17(16)20/h3-10,13-14H,11-12H2,1-2H3/b10-8+/t13-,14-/m1/s1. The van der Waals surface area contributed by atoms with E-state index in [1.165, 1.54) is 12.1 Å². The van der Waals surface area contributed by atoms with E-state index in [2.05, 4.69) is 0 Å². The lowest BCUT2D eigenvalue weighted by Crippen LogP contribution is -2.47. The number of rotatable bonds is 3. The van der Waals surface area contributed by atoms with E-state index in [4.69, 9.17) is 9.15 Å². The van der Waals surface area contributed by atoms with Crippen molar-refractivity contribution in [2.45, 2.75) is 26.1 Å². The number of benzene rings is 1. The molecule has 0 saturated carbocycles. The van der Waals surface area contributed by atoms with E-state index >= 15 is 0 Å². The lowest BCUT2D eigenvalue weighted by Gasteiger charge is -2.34. The Balaban J connectivity index is 1.69. The van der Waals surface area contributed by atoms with Gasteiger partial charge in [0.1, 0.15) is 17.3 Å². The molecule has 0 unspecified atom stereocenters. The molecule has 1 aliphatic rings. The molecule has 1 aliphatic heterocycles. The molecule has 1 saturated heterocycles. The predicted octanol–water partition coefficient (Wildman–Crippen LogP) is 3.73. The molecule has 2 atom stereocenters. The fourth-order valence-corrected chi connectivity index (χ4v) is 2.86. The number of hydrogen-bond donors (Lipinski definition) is 0. The number of furan rings is 1. The number of halogens is 1. The molecule has 4 nitrogen and oxygen atoms in total. The quantitative estimate of drug-likeness (QED) is 0.806. The van der Waals surface area contributed by atoms with Crippen LogP contribution in [0, 0.1) is 5.82 Å². The summed E-state index contributed by atoms with van der Waals surface area (Å²) in [5.74, 6) is 0.528. The van der Waals surface area contributed by atoms with Gasteiger partial charge >= 0.3 is 0 Å². The molecule has 0 aliphatic carbocycles. The second kappa shape index (κ2) is 7.01. The van der Waals surface area contributed by atoms with E-state index in [0.717, 1.165) is 0 Å². The van der Waals surface area contributed by atoms with Crippen molar-refractivity contribution in [3.8, 4) is 11.3 Å². The van der Waals surface area contributed by atoms with Gasteiger partial charge in [0.2, 0.25) is 5.91 Å². The molecule has 1 fully saturated rings. The number of carbonyl (C=O) groups is 1. The highest BCUT2D eigenvalue weighted by molar-refractivity contribution is 5.91. The lowest BCUT2D eigenvalue weighted by molar-refractivity contribution is -0.137. The van der Waals surface area contributed by atoms with Crippen molar-refractivity contribution in [3.63, 3.8) is 0 Å². The van der Waals surface area contributed by atoms with Crippen molar-refractivity contribution in [2.24, 2.45) is 0 Å². The van der Waals surface area contributed by atoms with Crippen LogP contribution in [0.5, 0.6) is 0 Å². The number of ether oxygens (including phenoxy) is 1. The molecule has 2 aromatic rings. The fraction of sp³-hybridized carbons (Fsp3) is 0.316. The first-order valence-electron chi connectivity index (χ1n) is 8.00. The van der Waals surface area contributed by atoms with Crippen molar-refractivity contribution in [3.05, 3.63) is 54.1 Å². The molecule has 0 bridgehead atoms. The van der Waals surface area contributed by atoms with Gasteiger partial charge in [0.05, 0.1) is 17.8 Å². The summed E-state index contributed by atoms with van der Waals surface area (Å²) < 4.78 is 25.0. The van der Waals surface area contributed by atoms with Crippen LogP contribution in [0.2, 0.25) is 0 Å². The second-order valence-corrected chi connectivity index (χ2v) is 6.02. The SMILES string of the molecule is C[C@@H]1CN(C(=O)/C=C/c2ccc(-c3ccccc3F)o2)C[C@@H](C)O1. The summed E-state index contributed by atoms with van der Waals surface area (Å²) in [5, 5.41) is 0. The average Bonchev–Trinajstić information content (AvgIpc) is 3.01. The van der Waals surface area contributed by atoms with Gasteiger partial charge in [-0.25, -0.2) is 4.39 Å². The number of hydrogen-bond acceptors (Lipinski definition) is 3. The van der Waals surface area contributed by atoms with Gasteiger partial charge in [-0.3, -0.25) is 4.79 Å². The minimum Gasteiger partial charge on any atom is -0.457 e. The Labute approximate surface area is 140 Å². The fourth-order valence-electron chi connectivity index (χ4n) is 2.86. The van der Waals surface area contributed by atoms with Crippen LogP contribution in [-0.4, -0.2) is 36.1 Å². The molecule has 0 radical (unpaired) electrons. The van der Waals surface area contributed by atoms with Gasteiger partial charge in [0.15, 0.2) is 0 Å². The zero-order valence-corrected chi connectivity index (χ0v) is 13.7. The van der Waals surface area contributed by atoms with Crippen LogP contribution >= 0.6 is 0 Å². The lowest BCUT2D eigenvalue weighted by atomic mass is 10.1. The Morgan fingerprint density at radius 3 is 2.58 bits per heavy atom. The Kier molecular flexibility index (Phi) is 4.81. The van der Waals surface area contributed by atoms with Gasteiger partial charge in [0.25, 0.3) is 0 Å². The smallest absolute Gasteiger partial charge is 0.246 e. The summed E-state index contributed by atoms with van der Waals surface area (Å²) >= 11 is 0. The van der Waals surface area contributed by atoms with Crippen LogP contribution in [0.3, 0.4) is 0 Å². The van der Waals surface area contributed by atoms with Gasteiger partial charge in [-0.05, 0) is 44.2 Å². The maximum Gasteiger partial charge on any atom is 0.246 e. The van der Waals surface area contributed by atoms with E-state index in [1.807, 2.05) is 13.8 Å². The van der Waals surface area contributed by atoms with Crippen molar-refractivity contribution in [1.82, 2.24) is 4.90 Å². The zero-order chi connectivity index (χ0) is 17.1. The van der Waals surface area contributed by atoms with Crippen LogP contribution in [0.25, 0.3) is 17.4 Å². The van der Waals surface area contributed by atoms with Crippen LogP contribution < -0.4 is 0 Å². The van der Waals surface area contributed by atoms with Crippen LogP contribution in [-0.2, 0) is 9.53 Å². The topological polar surface area (TPSA) is 42.7 Å². The van der Waals surface area contributed by atoms with Crippen molar-refractivity contribution in [1.29, 1.82) is 0 Å². The largest absolute Gasteiger partial charge is 0.457 e. The van der Waals surface area contributed by atoms with Crippen LogP contribution in [0.4, 0.5) is 4.39 Å². The summed E-state index contributed by atoms with van der Waals surface area (Å²) in [6.45, 7) is 5.05. The predicted molar refractivity (Wildman–Crippen MR) is 89.7 cm³/mol. The first-order chi connectivity index (χ1) is 11.5. The minimum atomic E-state index is -0.338. The first-order valence-corrected chi connectivity index (χ1v) is 8.00. The summed E-state index contributed by atoms with van der Waals surface area (Å²) in [4.78, 5) is 14.0. The minimum absolute atomic E-state index is 0.0300. The highest BCUT2D eigenvalue weighted by Crippen LogP contribution is 2.25. The molecule has 24 heavy (non-hydrogen) atoms. The highest BCUT2D eigenvalue weighted by Gasteiger charge is 2.24. The van der Waals surface area contributed by atoms with E-state index in [0.29, 0.717) is 30.2 Å². The van der Waals surface area contributed by atoms with Crippen LogP contribution in [0.15, 0.2) is 46.9 Å². The van der Waals surface area contributed by atoms with Gasteiger partial charge in [-0.1, -0.05) is 12.1 Å². The first kappa shape index (κ1) is 16.5. The maximum atomic E-state index is 13.8. The van der Waals surface area contributed by atoms with E-state index in [1.54, 1.807) is 41.3 Å². The van der Waals surface area contributed by atoms with Gasteiger partial charge in [0, 0.05) is 19.2 Å². The number of morpholine rings is 1. The summed E-state index contributed by atoms with van der Waals surface area (Å²) in [5.41, 5.74) is 0.402. The molecule has 1 aromatic carbocycles. The Hall–Kier alpha value is -2.40. The molecular weight excluding hydrogens is 309 g/mol. The third kappa shape index (κ3) is 3.74. The summed E-state index contributed by atoms with van der Waals surface area (Å²) in [6.07, 6.45) is 3.15. The zero-order valence-electron chi connectivity index (χ0n) is 13.7. The molecule has 3 rings (SSSR count). The monoisotopic (exact) mass is 329 g/mol. The average molecular weight is 329 g/mol. The van der Waals surface area contributed by atoms with Crippen molar-refractivity contribution in [2.75, 3.05) is 13.1 Å². The molecule has 1 amide bonds. The molecule has 0 spiro atoms. The van der Waals surface area contributed by atoms with Gasteiger partial charge in [-0.2, -0.15) is 0 Å². The Bertz CT molecular complexity index is 743. The Morgan fingerprint density at radius 2 is 1.88 bits per heavy atom. The molecule has 1 aromatic heterocycles. The molecule has 126 valence electrons. The van der Waals surface area contributed by atoms with Crippen molar-refractivity contribution >= 4 is 12.0 Å². The molecule has 2 heterocycles. The van der Waals surface area contributed by atoms with Gasteiger partial charge < -0.3 is 14.1 Å². The van der Waals surface area contributed by atoms with Crippen LogP contribution in [0.1, 0.15) is 19.6 Å². The van der Waals surface area contributed by atoms with E-state index in [9.17, 15) is 9.18 Å².